The van der Waals surface area contributed by atoms with Crippen LogP contribution in [0.15, 0.2) is 11.4 Å². The summed E-state index contributed by atoms with van der Waals surface area (Å²) in [6, 6.07) is 2.43. The molecule has 14 heavy (non-hydrogen) atoms. The van der Waals surface area contributed by atoms with E-state index in [2.05, 4.69) is 25.3 Å². The Morgan fingerprint density at radius 1 is 1.64 bits per heavy atom. The lowest BCUT2D eigenvalue weighted by molar-refractivity contribution is -0.0649. The predicted molar refractivity (Wildman–Crippen MR) is 59.8 cm³/mol. The Balaban J connectivity index is 2.24. The van der Waals surface area contributed by atoms with Crippen LogP contribution in [-0.2, 0) is 10.2 Å². The number of thiophene rings is 1. The molecule has 3 heteroatoms. The van der Waals surface area contributed by atoms with Gasteiger partial charge in [0.1, 0.15) is 0 Å². The molecule has 1 unspecified atom stereocenters. The molecule has 2 rings (SSSR count). The number of hydrogen-bond acceptors (Lipinski definition) is 3. The summed E-state index contributed by atoms with van der Waals surface area (Å²) >= 11 is 1.84. The molecule has 0 spiro atoms. The molecule has 1 fully saturated rings. The number of aryl methyl sites for hydroxylation is 1. The number of ether oxygens (including phenoxy) is 1. The van der Waals surface area contributed by atoms with Crippen molar-refractivity contribution in [2.45, 2.75) is 31.7 Å². The van der Waals surface area contributed by atoms with E-state index in [4.69, 9.17) is 10.5 Å². The standard InChI is InChI=1S/C11H17NOS/c1-8-3-4-14-10(8)11(5-9(2)12)6-13-7-11/h3-4,9H,5-7,12H2,1-2H3. The highest BCUT2D eigenvalue weighted by Gasteiger charge is 2.42. The van der Waals surface area contributed by atoms with Crippen LogP contribution in [0.5, 0.6) is 0 Å². The lowest BCUT2D eigenvalue weighted by Gasteiger charge is -2.42. The first-order chi connectivity index (χ1) is 6.64. The van der Waals surface area contributed by atoms with Gasteiger partial charge in [0.15, 0.2) is 0 Å². The van der Waals surface area contributed by atoms with Crippen molar-refractivity contribution in [3.8, 4) is 0 Å². The third-order valence-electron chi connectivity index (χ3n) is 2.81. The molecule has 78 valence electrons. The summed E-state index contributed by atoms with van der Waals surface area (Å²) in [6.45, 7) is 5.93. The van der Waals surface area contributed by atoms with Gasteiger partial charge in [0.25, 0.3) is 0 Å². The van der Waals surface area contributed by atoms with Crippen molar-refractivity contribution in [3.63, 3.8) is 0 Å². The van der Waals surface area contributed by atoms with Crippen LogP contribution in [-0.4, -0.2) is 19.3 Å². The van der Waals surface area contributed by atoms with E-state index >= 15 is 0 Å². The van der Waals surface area contributed by atoms with Gasteiger partial charge >= 0.3 is 0 Å². The molecule has 0 saturated carbocycles. The Kier molecular flexibility index (Phi) is 2.64. The van der Waals surface area contributed by atoms with Crippen molar-refractivity contribution in [3.05, 3.63) is 21.9 Å². The highest BCUT2D eigenvalue weighted by molar-refractivity contribution is 7.10. The topological polar surface area (TPSA) is 35.2 Å². The summed E-state index contributed by atoms with van der Waals surface area (Å²) in [6.07, 6.45) is 1.04. The number of rotatable bonds is 3. The van der Waals surface area contributed by atoms with Gasteiger partial charge in [-0.1, -0.05) is 0 Å². The molecule has 1 aromatic rings. The first kappa shape index (κ1) is 10.1. The van der Waals surface area contributed by atoms with E-state index in [1.165, 1.54) is 10.4 Å². The molecule has 1 aromatic heterocycles. The van der Waals surface area contributed by atoms with Gasteiger partial charge in [-0.2, -0.15) is 0 Å². The van der Waals surface area contributed by atoms with Crippen molar-refractivity contribution < 1.29 is 4.74 Å². The summed E-state index contributed by atoms with van der Waals surface area (Å²) in [7, 11) is 0. The zero-order chi connectivity index (χ0) is 10.2. The van der Waals surface area contributed by atoms with Crippen molar-refractivity contribution in [2.24, 2.45) is 5.73 Å². The van der Waals surface area contributed by atoms with E-state index in [1.54, 1.807) is 0 Å². The molecule has 0 amide bonds. The number of hydrogen-bond donors (Lipinski definition) is 1. The minimum Gasteiger partial charge on any atom is -0.379 e. The highest BCUT2D eigenvalue weighted by atomic mass is 32.1. The second kappa shape index (κ2) is 3.65. The Morgan fingerprint density at radius 3 is 2.71 bits per heavy atom. The van der Waals surface area contributed by atoms with Gasteiger partial charge in [-0.05, 0) is 37.3 Å². The molecule has 0 bridgehead atoms. The Labute approximate surface area is 89.1 Å². The van der Waals surface area contributed by atoms with Crippen LogP contribution in [0.2, 0.25) is 0 Å². The molecule has 1 atom stereocenters. The summed E-state index contributed by atoms with van der Waals surface area (Å²) in [4.78, 5) is 1.47. The summed E-state index contributed by atoms with van der Waals surface area (Å²) < 4.78 is 5.37. The van der Waals surface area contributed by atoms with Crippen molar-refractivity contribution in [1.82, 2.24) is 0 Å². The van der Waals surface area contributed by atoms with E-state index in [0.717, 1.165) is 19.6 Å². The fraction of sp³-hybridized carbons (Fsp3) is 0.636. The monoisotopic (exact) mass is 211 g/mol. The average molecular weight is 211 g/mol. The third-order valence-corrected chi connectivity index (χ3v) is 4.08. The first-order valence-electron chi connectivity index (χ1n) is 5.02. The van der Waals surface area contributed by atoms with Crippen LogP contribution in [0.1, 0.15) is 23.8 Å². The Morgan fingerprint density at radius 2 is 2.36 bits per heavy atom. The molecule has 0 aliphatic carbocycles. The molecule has 0 radical (unpaired) electrons. The Bertz CT molecular complexity index is 315. The smallest absolute Gasteiger partial charge is 0.0594 e. The summed E-state index contributed by atoms with van der Waals surface area (Å²) in [5.74, 6) is 0. The van der Waals surface area contributed by atoms with Gasteiger partial charge in [-0.25, -0.2) is 0 Å². The maximum Gasteiger partial charge on any atom is 0.0594 e. The minimum absolute atomic E-state index is 0.229. The minimum atomic E-state index is 0.229. The van der Waals surface area contributed by atoms with E-state index in [0.29, 0.717) is 0 Å². The fourth-order valence-corrected chi connectivity index (χ4v) is 3.34. The van der Waals surface area contributed by atoms with Gasteiger partial charge in [-0.15, -0.1) is 11.3 Å². The average Bonchev–Trinajstić information content (AvgIpc) is 2.44. The highest BCUT2D eigenvalue weighted by Crippen LogP contribution is 2.40. The van der Waals surface area contributed by atoms with Gasteiger partial charge in [-0.3, -0.25) is 0 Å². The van der Waals surface area contributed by atoms with E-state index in [-0.39, 0.29) is 11.5 Å². The molecule has 1 saturated heterocycles. The lowest BCUT2D eigenvalue weighted by Crippen LogP contribution is -2.49. The van der Waals surface area contributed by atoms with Crippen LogP contribution in [0.3, 0.4) is 0 Å². The van der Waals surface area contributed by atoms with Crippen molar-refractivity contribution in [2.75, 3.05) is 13.2 Å². The quantitative estimate of drug-likeness (QED) is 0.830. The first-order valence-corrected chi connectivity index (χ1v) is 5.90. The lowest BCUT2D eigenvalue weighted by atomic mass is 9.77. The van der Waals surface area contributed by atoms with Crippen LogP contribution in [0.25, 0.3) is 0 Å². The summed E-state index contributed by atoms with van der Waals surface area (Å²) in [5, 5.41) is 2.16. The van der Waals surface area contributed by atoms with Crippen molar-refractivity contribution in [1.29, 1.82) is 0 Å². The van der Waals surface area contributed by atoms with Crippen molar-refractivity contribution >= 4 is 11.3 Å². The van der Waals surface area contributed by atoms with Gasteiger partial charge in [0.2, 0.25) is 0 Å². The zero-order valence-corrected chi connectivity index (χ0v) is 9.56. The largest absolute Gasteiger partial charge is 0.379 e. The van der Waals surface area contributed by atoms with Gasteiger partial charge < -0.3 is 10.5 Å². The summed E-state index contributed by atoms with van der Waals surface area (Å²) in [5.41, 5.74) is 7.51. The SMILES string of the molecule is Cc1ccsc1C1(CC(C)N)COC1. The molecule has 2 nitrogen and oxygen atoms in total. The van der Waals surface area contributed by atoms with Crippen LogP contribution in [0.4, 0.5) is 0 Å². The fourth-order valence-electron chi connectivity index (χ4n) is 2.22. The number of nitrogens with two attached hydrogens (primary N) is 1. The maximum absolute atomic E-state index is 5.89. The second-order valence-corrected chi connectivity index (χ2v) is 5.30. The third kappa shape index (κ3) is 1.60. The van der Waals surface area contributed by atoms with Crippen LogP contribution < -0.4 is 5.73 Å². The van der Waals surface area contributed by atoms with Crippen LogP contribution in [0, 0.1) is 6.92 Å². The molecule has 2 heterocycles. The predicted octanol–water partition coefficient (Wildman–Crippen LogP) is 2.06. The zero-order valence-electron chi connectivity index (χ0n) is 8.75. The molecule has 2 N–H and O–H groups in total. The molecular weight excluding hydrogens is 194 g/mol. The second-order valence-electron chi connectivity index (χ2n) is 4.39. The van der Waals surface area contributed by atoms with E-state index in [9.17, 15) is 0 Å². The molecular formula is C11H17NOS. The van der Waals surface area contributed by atoms with E-state index in [1.807, 2.05) is 11.3 Å². The normalized spacial score (nSPS) is 21.6. The van der Waals surface area contributed by atoms with E-state index < -0.39 is 0 Å². The molecule has 1 aliphatic heterocycles. The Hall–Kier alpha value is -0.380. The molecule has 0 aromatic carbocycles. The van der Waals surface area contributed by atoms with Gasteiger partial charge in [0.05, 0.1) is 18.6 Å². The van der Waals surface area contributed by atoms with Gasteiger partial charge in [0, 0.05) is 10.9 Å². The maximum atomic E-state index is 5.89. The molecule has 1 aliphatic rings. The van der Waals surface area contributed by atoms with Crippen LogP contribution >= 0.6 is 11.3 Å².